The lowest BCUT2D eigenvalue weighted by Crippen LogP contribution is -2.28. The molecule has 0 bridgehead atoms. The highest BCUT2D eigenvalue weighted by molar-refractivity contribution is 6.30. The van der Waals surface area contributed by atoms with Crippen molar-refractivity contribution in [3.63, 3.8) is 0 Å². The molecule has 0 radical (unpaired) electrons. The van der Waals surface area contributed by atoms with Crippen molar-refractivity contribution in [1.82, 2.24) is 14.9 Å². The first kappa shape index (κ1) is 17.0. The van der Waals surface area contributed by atoms with Crippen molar-refractivity contribution in [3.05, 3.63) is 83.4 Å². The van der Waals surface area contributed by atoms with E-state index in [0.29, 0.717) is 17.3 Å². The van der Waals surface area contributed by atoms with Gasteiger partial charge in [0.05, 0.1) is 6.33 Å². The third kappa shape index (κ3) is 5.36. The Bertz CT molecular complexity index is 817. The summed E-state index contributed by atoms with van der Waals surface area (Å²) >= 11 is 5.81. The first-order valence-electron chi connectivity index (χ1n) is 7.88. The lowest BCUT2D eigenvalue weighted by molar-refractivity contribution is -0.123. The maximum atomic E-state index is 11.9. The lowest BCUT2D eigenvalue weighted by Gasteiger charge is -2.09. The number of nitrogens with one attached hydrogen (secondary N) is 1. The zero-order chi connectivity index (χ0) is 17.5. The van der Waals surface area contributed by atoms with Gasteiger partial charge >= 0.3 is 0 Å². The molecule has 0 atom stereocenters. The highest BCUT2D eigenvalue weighted by Gasteiger charge is 2.04. The van der Waals surface area contributed by atoms with E-state index in [0.717, 1.165) is 17.7 Å². The van der Waals surface area contributed by atoms with Gasteiger partial charge < -0.3 is 14.6 Å². The summed E-state index contributed by atoms with van der Waals surface area (Å²) in [6.45, 7) is 1.18. The summed E-state index contributed by atoms with van der Waals surface area (Å²) in [6, 6.07) is 15.0. The monoisotopic (exact) mass is 355 g/mol. The zero-order valence-corrected chi connectivity index (χ0v) is 14.3. The Labute approximate surface area is 151 Å². The molecule has 0 saturated carbocycles. The van der Waals surface area contributed by atoms with E-state index in [2.05, 4.69) is 22.4 Å². The van der Waals surface area contributed by atoms with Crippen LogP contribution >= 0.6 is 11.6 Å². The third-order valence-electron chi connectivity index (χ3n) is 3.59. The number of rotatable bonds is 7. The van der Waals surface area contributed by atoms with Crippen LogP contribution in [0.1, 0.15) is 11.1 Å². The molecule has 25 heavy (non-hydrogen) atoms. The van der Waals surface area contributed by atoms with Gasteiger partial charge in [0.15, 0.2) is 6.61 Å². The van der Waals surface area contributed by atoms with Crippen LogP contribution in [0.4, 0.5) is 0 Å². The van der Waals surface area contributed by atoms with E-state index in [4.69, 9.17) is 16.3 Å². The smallest absolute Gasteiger partial charge is 0.258 e. The molecule has 0 aliphatic heterocycles. The van der Waals surface area contributed by atoms with Crippen LogP contribution in [-0.2, 0) is 17.9 Å². The van der Waals surface area contributed by atoms with Crippen molar-refractivity contribution in [3.8, 4) is 5.75 Å². The van der Waals surface area contributed by atoms with Gasteiger partial charge in [0, 0.05) is 30.5 Å². The van der Waals surface area contributed by atoms with Gasteiger partial charge in [0.2, 0.25) is 0 Å². The van der Waals surface area contributed by atoms with Crippen LogP contribution in [-0.4, -0.2) is 22.1 Å². The van der Waals surface area contributed by atoms with Crippen LogP contribution in [0, 0.1) is 0 Å². The number of aromatic nitrogens is 2. The minimum Gasteiger partial charge on any atom is -0.484 e. The van der Waals surface area contributed by atoms with Crippen molar-refractivity contribution in [2.75, 3.05) is 6.61 Å². The van der Waals surface area contributed by atoms with Crippen molar-refractivity contribution in [2.24, 2.45) is 0 Å². The van der Waals surface area contributed by atoms with Gasteiger partial charge in [-0.3, -0.25) is 4.79 Å². The molecule has 1 N–H and O–H groups in total. The Balaban J connectivity index is 1.47. The minimum atomic E-state index is -0.171. The van der Waals surface area contributed by atoms with Gasteiger partial charge in [0.1, 0.15) is 5.75 Å². The zero-order valence-electron chi connectivity index (χ0n) is 13.6. The van der Waals surface area contributed by atoms with Crippen LogP contribution in [0.2, 0.25) is 5.02 Å². The van der Waals surface area contributed by atoms with E-state index in [1.807, 2.05) is 22.9 Å². The first-order chi connectivity index (χ1) is 12.2. The molecule has 0 saturated heterocycles. The van der Waals surface area contributed by atoms with Crippen molar-refractivity contribution in [1.29, 1.82) is 0 Å². The summed E-state index contributed by atoms with van der Waals surface area (Å²) in [5, 5.41) is 3.49. The SMILES string of the molecule is O=C(COc1ccc(Cl)cc1)NCc1cccc(Cn2ccnc2)c1. The van der Waals surface area contributed by atoms with E-state index in [-0.39, 0.29) is 12.5 Å². The summed E-state index contributed by atoms with van der Waals surface area (Å²) in [5.41, 5.74) is 2.19. The molecule has 0 aliphatic carbocycles. The topological polar surface area (TPSA) is 56.1 Å². The second-order valence-electron chi connectivity index (χ2n) is 5.57. The number of hydrogen-bond donors (Lipinski definition) is 1. The largest absolute Gasteiger partial charge is 0.484 e. The summed E-state index contributed by atoms with van der Waals surface area (Å²) < 4.78 is 7.42. The number of amides is 1. The summed E-state index contributed by atoms with van der Waals surface area (Å²) in [7, 11) is 0. The van der Waals surface area contributed by atoms with E-state index >= 15 is 0 Å². The summed E-state index contributed by atoms with van der Waals surface area (Å²) in [6.07, 6.45) is 5.45. The molecule has 6 heteroatoms. The van der Waals surface area contributed by atoms with Gasteiger partial charge in [-0.15, -0.1) is 0 Å². The quantitative estimate of drug-likeness (QED) is 0.707. The molecule has 5 nitrogen and oxygen atoms in total. The highest BCUT2D eigenvalue weighted by Crippen LogP contribution is 2.15. The fourth-order valence-electron chi connectivity index (χ4n) is 2.36. The average Bonchev–Trinajstić information content (AvgIpc) is 3.13. The number of carbonyl (C=O) groups excluding carboxylic acids is 1. The maximum Gasteiger partial charge on any atom is 0.258 e. The lowest BCUT2D eigenvalue weighted by atomic mass is 10.1. The predicted octanol–water partition coefficient (Wildman–Crippen LogP) is 3.28. The number of benzene rings is 2. The fourth-order valence-corrected chi connectivity index (χ4v) is 2.49. The van der Waals surface area contributed by atoms with Crippen LogP contribution in [0.3, 0.4) is 0 Å². The van der Waals surface area contributed by atoms with Gasteiger partial charge in [0.25, 0.3) is 5.91 Å². The van der Waals surface area contributed by atoms with Crippen LogP contribution in [0.25, 0.3) is 0 Å². The van der Waals surface area contributed by atoms with Gasteiger partial charge in [-0.05, 0) is 35.4 Å². The maximum absolute atomic E-state index is 11.9. The van der Waals surface area contributed by atoms with Crippen molar-refractivity contribution < 1.29 is 9.53 Å². The predicted molar refractivity (Wildman–Crippen MR) is 96.6 cm³/mol. The highest BCUT2D eigenvalue weighted by atomic mass is 35.5. The van der Waals surface area contributed by atoms with E-state index < -0.39 is 0 Å². The molecule has 0 unspecified atom stereocenters. The Morgan fingerprint density at radius 3 is 2.72 bits per heavy atom. The number of imidazole rings is 1. The summed E-state index contributed by atoms with van der Waals surface area (Å²) in [5.74, 6) is 0.442. The second-order valence-corrected chi connectivity index (χ2v) is 6.01. The molecule has 1 heterocycles. The van der Waals surface area contributed by atoms with Crippen LogP contribution in [0.15, 0.2) is 67.3 Å². The van der Waals surface area contributed by atoms with Crippen molar-refractivity contribution >= 4 is 17.5 Å². The third-order valence-corrected chi connectivity index (χ3v) is 3.84. The number of nitrogens with zero attached hydrogens (tertiary/aromatic N) is 2. The average molecular weight is 356 g/mol. The first-order valence-corrected chi connectivity index (χ1v) is 8.25. The van der Waals surface area contributed by atoms with Gasteiger partial charge in [-0.1, -0.05) is 35.9 Å². The Hall–Kier alpha value is -2.79. The molecule has 3 rings (SSSR count). The van der Waals surface area contributed by atoms with Gasteiger partial charge in [-0.25, -0.2) is 4.98 Å². The van der Waals surface area contributed by atoms with Crippen LogP contribution in [0.5, 0.6) is 5.75 Å². The molecular formula is C19H18ClN3O2. The molecular weight excluding hydrogens is 338 g/mol. The Morgan fingerprint density at radius 2 is 1.96 bits per heavy atom. The van der Waals surface area contributed by atoms with Crippen molar-refractivity contribution in [2.45, 2.75) is 13.1 Å². The fraction of sp³-hybridized carbons (Fsp3) is 0.158. The van der Waals surface area contributed by atoms with E-state index in [1.165, 1.54) is 0 Å². The second kappa shape index (κ2) is 8.35. The summed E-state index contributed by atoms with van der Waals surface area (Å²) in [4.78, 5) is 16.0. The number of carbonyl (C=O) groups is 1. The number of ether oxygens (including phenoxy) is 1. The standard InChI is InChI=1S/C19H18ClN3O2/c20-17-4-6-18(7-5-17)25-13-19(24)22-11-15-2-1-3-16(10-15)12-23-9-8-21-14-23/h1-10,14H,11-13H2,(H,22,24). The number of hydrogen-bond acceptors (Lipinski definition) is 3. The van der Waals surface area contributed by atoms with Crippen LogP contribution < -0.4 is 10.1 Å². The van der Waals surface area contributed by atoms with Gasteiger partial charge in [-0.2, -0.15) is 0 Å². The molecule has 0 fully saturated rings. The molecule has 1 amide bonds. The molecule has 128 valence electrons. The molecule has 3 aromatic rings. The molecule has 0 aliphatic rings. The molecule has 0 spiro atoms. The van der Waals surface area contributed by atoms with E-state index in [1.54, 1.807) is 36.8 Å². The molecule has 1 aromatic heterocycles. The molecule has 2 aromatic carbocycles. The normalized spacial score (nSPS) is 10.4. The van der Waals surface area contributed by atoms with E-state index in [9.17, 15) is 4.79 Å². The minimum absolute atomic E-state index is 0.0314. The number of halogens is 1. The Morgan fingerprint density at radius 1 is 1.16 bits per heavy atom. The Kier molecular flexibility index (Phi) is 5.69.